The Labute approximate surface area is 80.5 Å². The van der Waals surface area contributed by atoms with Crippen molar-refractivity contribution in [3.8, 4) is 10.8 Å². The molecule has 0 aliphatic rings. The summed E-state index contributed by atoms with van der Waals surface area (Å²) in [6.45, 7) is 0. The lowest BCUT2D eigenvalue weighted by molar-refractivity contribution is 0.435. The molecular formula is C6H4BrN3OS. The fourth-order valence-corrected chi connectivity index (χ4v) is 1.91. The van der Waals surface area contributed by atoms with E-state index < -0.39 is 0 Å². The van der Waals surface area contributed by atoms with Gasteiger partial charge in [-0.25, -0.2) is 4.98 Å². The van der Waals surface area contributed by atoms with Crippen LogP contribution in [0.3, 0.4) is 0 Å². The predicted molar refractivity (Wildman–Crippen MR) is 49.7 cm³/mol. The first-order chi connectivity index (χ1) is 5.75. The summed E-state index contributed by atoms with van der Waals surface area (Å²) in [7, 11) is 0. The fourth-order valence-electron chi connectivity index (χ4n) is 0.758. The number of anilines is 1. The van der Waals surface area contributed by atoms with Crippen LogP contribution in [0.5, 0.6) is 0 Å². The first-order valence-corrected chi connectivity index (χ1v) is 4.70. The van der Waals surface area contributed by atoms with Gasteiger partial charge >= 0.3 is 0 Å². The molecule has 2 N–H and O–H groups in total. The van der Waals surface area contributed by atoms with Crippen molar-refractivity contribution in [1.82, 2.24) is 10.1 Å². The highest BCUT2D eigenvalue weighted by Gasteiger charge is 2.08. The second kappa shape index (κ2) is 2.87. The van der Waals surface area contributed by atoms with Crippen LogP contribution < -0.4 is 5.73 Å². The van der Waals surface area contributed by atoms with Crippen LogP contribution in [0.1, 0.15) is 0 Å². The molecule has 12 heavy (non-hydrogen) atoms. The van der Waals surface area contributed by atoms with Gasteiger partial charge in [0.15, 0.2) is 16.6 Å². The molecule has 0 atom stereocenters. The van der Waals surface area contributed by atoms with Gasteiger partial charge in [-0.2, -0.15) is 0 Å². The molecule has 6 heteroatoms. The maximum Gasteiger partial charge on any atom is 0.197 e. The molecule has 2 rings (SSSR count). The zero-order valence-electron chi connectivity index (χ0n) is 5.82. The zero-order chi connectivity index (χ0) is 8.55. The number of nitrogen functional groups attached to an aromatic ring is 1. The monoisotopic (exact) mass is 245 g/mol. The van der Waals surface area contributed by atoms with Gasteiger partial charge in [0, 0.05) is 6.07 Å². The molecule has 0 saturated heterocycles. The van der Waals surface area contributed by atoms with E-state index >= 15 is 0 Å². The van der Waals surface area contributed by atoms with Crippen LogP contribution in [0.25, 0.3) is 10.8 Å². The minimum absolute atomic E-state index is 0.372. The largest absolute Gasteiger partial charge is 0.381 e. The number of hydrogen-bond donors (Lipinski definition) is 1. The van der Waals surface area contributed by atoms with Gasteiger partial charge in [-0.3, -0.25) is 0 Å². The molecule has 0 bridgehead atoms. The van der Waals surface area contributed by atoms with Crippen molar-refractivity contribution < 1.29 is 4.52 Å². The number of nitrogens with zero attached hydrogens (tertiary/aromatic N) is 2. The van der Waals surface area contributed by atoms with Crippen molar-refractivity contribution in [2.75, 3.05) is 5.73 Å². The van der Waals surface area contributed by atoms with Crippen molar-refractivity contribution >= 4 is 33.1 Å². The molecule has 2 aromatic heterocycles. The Kier molecular flexibility index (Phi) is 1.86. The molecule has 0 aromatic carbocycles. The Bertz CT molecular complexity index is 359. The van der Waals surface area contributed by atoms with Gasteiger partial charge in [-0.1, -0.05) is 5.16 Å². The molecule has 62 valence electrons. The van der Waals surface area contributed by atoms with Crippen molar-refractivity contribution in [3.63, 3.8) is 0 Å². The molecule has 0 spiro atoms. The third-order valence-electron chi connectivity index (χ3n) is 1.22. The average molecular weight is 246 g/mol. The number of nitrogens with two attached hydrogens (primary N) is 1. The van der Waals surface area contributed by atoms with Gasteiger partial charge in [0.1, 0.15) is 0 Å². The van der Waals surface area contributed by atoms with Gasteiger partial charge in [0.05, 0.1) is 9.98 Å². The summed E-state index contributed by atoms with van der Waals surface area (Å²) < 4.78 is 5.87. The van der Waals surface area contributed by atoms with E-state index in [-0.39, 0.29) is 0 Å². The minimum Gasteiger partial charge on any atom is -0.381 e. The van der Waals surface area contributed by atoms with Gasteiger partial charge < -0.3 is 10.3 Å². The molecule has 0 fully saturated rings. The van der Waals surface area contributed by atoms with Crippen LogP contribution in [-0.2, 0) is 0 Å². The first kappa shape index (κ1) is 7.75. The average Bonchev–Trinajstić information content (AvgIpc) is 2.58. The summed E-state index contributed by atoms with van der Waals surface area (Å²) in [5, 5.41) is 4.33. The Morgan fingerprint density at radius 3 is 2.92 bits per heavy atom. The van der Waals surface area contributed by atoms with Crippen LogP contribution >= 0.6 is 27.3 Å². The minimum atomic E-state index is 0.372. The normalized spacial score (nSPS) is 10.4. The Morgan fingerprint density at radius 1 is 1.58 bits per heavy atom. The van der Waals surface area contributed by atoms with Crippen molar-refractivity contribution in [1.29, 1.82) is 0 Å². The maximum absolute atomic E-state index is 5.38. The molecule has 0 saturated carbocycles. The lowest BCUT2D eigenvalue weighted by Crippen LogP contribution is -1.79. The highest BCUT2D eigenvalue weighted by molar-refractivity contribution is 9.11. The summed E-state index contributed by atoms with van der Waals surface area (Å²) in [6.07, 6.45) is 1.71. The quantitative estimate of drug-likeness (QED) is 0.837. The molecule has 0 unspecified atom stereocenters. The lowest BCUT2D eigenvalue weighted by atomic mass is 10.5. The number of hydrogen-bond acceptors (Lipinski definition) is 5. The number of rotatable bonds is 1. The van der Waals surface area contributed by atoms with Gasteiger partial charge in [0.2, 0.25) is 0 Å². The summed E-state index contributed by atoms with van der Waals surface area (Å²) >= 11 is 4.77. The van der Waals surface area contributed by atoms with E-state index in [0.717, 1.165) is 8.79 Å². The van der Waals surface area contributed by atoms with Gasteiger partial charge in [0.25, 0.3) is 0 Å². The second-order valence-electron chi connectivity index (χ2n) is 2.09. The van der Waals surface area contributed by atoms with Crippen molar-refractivity contribution in [2.24, 2.45) is 0 Å². The molecule has 0 radical (unpaired) electrons. The zero-order valence-corrected chi connectivity index (χ0v) is 8.22. The molecule has 0 amide bonds. The van der Waals surface area contributed by atoms with E-state index in [1.54, 1.807) is 12.3 Å². The van der Waals surface area contributed by atoms with E-state index in [4.69, 9.17) is 10.3 Å². The van der Waals surface area contributed by atoms with E-state index in [1.807, 2.05) is 0 Å². The van der Waals surface area contributed by atoms with Crippen LogP contribution in [0.2, 0.25) is 0 Å². The summed E-state index contributed by atoms with van der Waals surface area (Å²) in [5.41, 5.74) is 5.38. The van der Waals surface area contributed by atoms with Crippen LogP contribution in [0.15, 0.2) is 20.6 Å². The SMILES string of the molecule is Nc1cc(-c2ncc(Br)s2)on1. The molecule has 2 aromatic rings. The van der Waals surface area contributed by atoms with Gasteiger partial charge in [-0.05, 0) is 15.9 Å². The van der Waals surface area contributed by atoms with Crippen LogP contribution in [0.4, 0.5) is 5.82 Å². The Hall–Kier alpha value is -0.880. The van der Waals surface area contributed by atoms with Crippen LogP contribution in [0, 0.1) is 0 Å². The number of aromatic nitrogens is 2. The highest BCUT2D eigenvalue weighted by Crippen LogP contribution is 2.28. The summed E-state index contributed by atoms with van der Waals surface area (Å²) in [5.74, 6) is 0.972. The topological polar surface area (TPSA) is 64.9 Å². The first-order valence-electron chi connectivity index (χ1n) is 3.09. The van der Waals surface area contributed by atoms with Gasteiger partial charge in [-0.15, -0.1) is 11.3 Å². The summed E-state index contributed by atoms with van der Waals surface area (Å²) in [4.78, 5) is 4.08. The highest BCUT2D eigenvalue weighted by atomic mass is 79.9. The van der Waals surface area contributed by atoms with Crippen molar-refractivity contribution in [3.05, 3.63) is 16.0 Å². The Morgan fingerprint density at radius 2 is 2.42 bits per heavy atom. The van der Waals surface area contributed by atoms with E-state index in [1.165, 1.54) is 11.3 Å². The van der Waals surface area contributed by atoms with E-state index in [2.05, 4.69) is 26.1 Å². The maximum atomic E-state index is 5.38. The van der Waals surface area contributed by atoms with E-state index in [9.17, 15) is 0 Å². The van der Waals surface area contributed by atoms with E-state index in [0.29, 0.717) is 11.6 Å². The van der Waals surface area contributed by atoms with Crippen LogP contribution in [-0.4, -0.2) is 10.1 Å². The molecule has 0 aliphatic heterocycles. The smallest absolute Gasteiger partial charge is 0.197 e. The lowest BCUT2D eigenvalue weighted by Gasteiger charge is -1.81. The number of halogens is 1. The molecule has 0 aliphatic carbocycles. The third-order valence-corrected chi connectivity index (χ3v) is 2.71. The predicted octanol–water partition coefficient (Wildman–Crippen LogP) is 2.14. The molecule has 4 nitrogen and oxygen atoms in total. The summed E-state index contributed by atoms with van der Waals surface area (Å²) in [6, 6.07) is 1.64. The Balaban J connectivity index is 2.43. The molecular weight excluding hydrogens is 242 g/mol. The number of thiazole rings is 1. The second-order valence-corrected chi connectivity index (χ2v) is 4.50. The van der Waals surface area contributed by atoms with Crippen molar-refractivity contribution in [2.45, 2.75) is 0 Å². The molecule has 2 heterocycles. The fraction of sp³-hybridized carbons (Fsp3) is 0. The standard InChI is InChI=1S/C6H4BrN3OS/c7-4-2-9-6(12-4)3-1-5(8)10-11-3/h1-2H,(H2,8,10). The third kappa shape index (κ3) is 1.35.